The van der Waals surface area contributed by atoms with Gasteiger partial charge in [0, 0.05) is 24.4 Å². The second kappa shape index (κ2) is 12.4. The van der Waals surface area contributed by atoms with Gasteiger partial charge in [0.2, 0.25) is 11.1 Å². The van der Waals surface area contributed by atoms with Gasteiger partial charge in [0.05, 0.1) is 11.3 Å². The number of carbonyl (C=O) groups excluding carboxylic acids is 1. The minimum atomic E-state index is -0.0427. The van der Waals surface area contributed by atoms with Crippen molar-refractivity contribution in [2.45, 2.75) is 31.0 Å². The maximum absolute atomic E-state index is 12.8. The SMILES string of the molecule is Cc1cccc(Cn2c3ccccc3c3nnc(SCC(=O)NCCC(c4ccccc4)c4ccccc4)nc32)c1. The van der Waals surface area contributed by atoms with Crippen molar-refractivity contribution in [3.63, 3.8) is 0 Å². The minimum Gasteiger partial charge on any atom is -0.355 e. The van der Waals surface area contributed by atoms with Gasteiger partial charge in [-0.15, -0.1) is 10.2 Å². The van der Waals surface area contributed by atoms with E-state index in [1.165, 1.54) is 34.0 Å². The molecule has 41 heavy (non-hydrogen) atoms. The van der Waals surface area contributed by atoms with E-state index < -0.39 is 0 Å². The molecule has 204 valence electrons. The first kappa shape index (κ1) is 26.7. The quantitative estimate of drug-likeness (QED) is 0.188. The molecule has 0 saturated heterocycles. The van der Waals surface area contributed by atoms with E-state index in [1.54, 1.807) is 0 Å². The average molecular weight is 558 g/mol. The van der Waals surface area contributed by atoms with Crippen molar-refractivity contribution >= 4 is 39.7 Å². The number of aryl methyl sites for hydroxylation is 1. The van der Waals surface area contributed by atoms with Crippen molar-refractivity contribution in [2.24, 2.45) is 0 Å². The normalized spacial score (nSPS) is 11.4. The van der Waals surface area contributed by atoms with Crippen molar-refractivity contribution < 1.29 is 4.79 Å². The van der Waals surface area contributed by atoms with Gasteiger partial charge in [-0.05, 0) is 36.1 Å². The van der Waals surface area contributed by atoms with Crippen LogP contribution >= 0.6 is 11.8 Å². The molecule has 0 aliphatic heterocycles. The van der Waals surface area contributed by atoms with E-state index in [4.69, 9.17) is 4.98 Å². The molecule has 2 heterocycles. The second-order valence-electron chi connectivity index (χ2n) is 10.2. The van der Waals surface area contributed by atoms with E-state index in [9.17, 15) is 4.79 Å². The van der Waals surface area contributed by atoms with Gasteiger partial charge < -0.3 is 9.88 Å². The highest BCUT2D eigenvalue weighted by molar-refractivity contribution is 7.99. The number of rotatable bonds is 10. The standard InChI is InChI=1S/C34H31N5OS/c1-24-11-10-12-25(21-24)22-39-30-18-9-8-17-29(30)32-33(39)36-34(38-37-32)41-23-31(40)35-20-19-28(26-13-4-2-5-14-26)27-15-6-3-7-16-27/h2-18,21,28H,19-20,22-23H2,1H3,(H,35,40). The fourth-order valence-corrected chi connectivity index (χ4v) is 5.95. The van der Waals surface area contributed by atoms with Crippen molar-refractivity contribution in [3.8, 4) is 0 Å². The molecule has 6 aromatic rings. The Morgan fingerprint density at radius 1 is 0.854 bits per heavy atom. The molecule has 4 aromatic carbocycles. The van der Waals surface area contributed by atoms with E-state index in [-0.39, 0.29) is 17.6 Å². The summed E-state index contributed by atoms with van der Waals surface area (Å²) in [5.41, 5.74) is 7.53. The average Bonchev–Trinajstić information content (AvgIpc) is 3.32. The number of hydrogen-bond donors (Lipinski definition) is 1. The summed E-state index contributed by atoms with van der Waals surface area (Å²) < 4.78 is 2.19. The third-order valence-electron chi connectivity index (χ3n) is 7.27. The Morgan fingerprint density at radius 3 is 2.29 bits per heavy atom. The van der Waals surface area contributed by atoms with Gasteiger partial charge in [0.1, 0.15) is 5.52 Å². The Labute approximate surface area is 243 Å². The monoisotopic (exact) mass is 557 g/mol. The fraction of sp³-hybridized carbons (Fsp3) is 0.176. The lowest BCUT2D eigenvalue weighted by Crippen LogP contribution is -2.27. The van der Waals surface area contributed by atoms with Crippen LogP contribution in [0.15, 0.2) is 114 Å². The zero-order chi connectivity index (χ0) is 28.0. The van der Waals surface area contributed by atoms with Crippen LogP contribution < -0.4 is 5.32 Å². The van der Waals surface area contributed by atoms with Gasteiger partial charge in [-0.25, -0.2) is 4.98 Å². The van der Waals surface area contributed by atoms with Gasteiger partial charge in [-0.1, -0.05) is 120 Å². The van der Waals surface area contributed by atoms with Crippen LogP contribution in [0.25, 0.3) is 22.1 Å². The van der Waals surface area contributed by atoms with E-state index in [1.807, 2.05) is 24.3 Å². The zero-order valence-electron chi connectivity index (χ0n) is 22.9. The van der Waals surface area contributed by atoms with Crippen LogP contribution in [0, 0.1) is 6.92 Å². The van der Waals surface area contributed by atoms with Gasteiger partial charge in [0.15, 0.2) is 5.65 Å². The molecule has 0 saturated carbocycles. The Bertz CT molecular complexity index is 1750. The van der Waals surface area contributed by atoms with Gasteiger partial charge in [-0.2, -0.15) is 0 Å². The topological polar surface area (TPSA) is 72.7 Å². The van der Waals surface area contributed by atoms with Crippen LogP contribution in [0.1, 0.15) is 34.6 Å². The molecule has 0 spiro atoms. The molecule has 0 radical (unpaired) electrons. The number of fused-ring (bicyclic) bond motifs is 3. The summed E-state index contributed by atoms with van der Waals surface area (Å²) in [7, 11) is 0. The first-order valence-electron chi connectivity index (χ1n) is 13.8. The number of para-hydroxylation sites is 1. The molecule has 2 aromatic heterocycles. The van der Waals surface area contributed by atoms with Gasteiger partial charge >= 0.3 is 0 Å². The smallest absolute Gasteiger partial charge is 0.230 e. The Balaban J connectivity index is 1.14. The number of benzene rings is 4. The molecule has 0 fully saturated rings. The van der Waals surface area contributed by atoms with Crippen LogP contribution in [0.2, 0.25) is 0 Å². The summed E-state index contributed by atoms with van der Waals surface area (Å²) in [4.78, 5) is 17.7. The molecule has 0 aliphatic rings. The maximum atomic E-state index is 12.8. The molecular formula is C34H31N5OS. The van der Waals surface area contributed by atoms with E-state index in [0.717, 1.165) is 28.5 Å². The predicted molar refractivity (Wildman–Crippen MR) is 166 cm³/mol. The summed E-state index contributed by atoms with van der Waals surface area (Å²) in [6, 6.07) is 37.6. The molecule has 6 nitrogen and oxygen atoms in total. The highest BCUT2D eigenvalue weighted by Gasteiger charge is 2.17. The molecule has 6 rings (SSSR count). The first-order valence-corrected chi connectivity index (χ1v) is 14.8. The number of carbonyl (C=O) groups is 1. The summed E-state index contributed by atoms with van der Waals surface area (Å²) in [5.74, 6) is 0.404. The minimum absolute atomic E-state index is 0.0427. The first-order chi connectivity index (χ1) is 20.2. The Kier molecular flexibility index (Phi) is 8.05. The van der Waals surface area contributed by atoms with Crippen molar-refractivity contribution in [2.75, 3.05) is 12.3 Å². The van der Waals surface area contributed by atoms with Gasteiger partial charge in [-0.3, -0.25) is 4.79 Å². The van der Waals surface area contributed by atoms with Crippen LogP contribution in [0.4, 0.5) is 0 Å². The Morgan fingerprint density at radius 2 is 1.56 bits per heavy atom. The summed E-state index contributed by atoms with van der Waals surface area (Å²) >= 11 is 1.31. The van der Waals surface area contributed by atoms with Crippen molar-refractivity contribution in [1.29, 1.82) is 0 Å². The number of hydrogen-bond acceptors (Lipinski definition) is 5. The van der Waals surface area contributed by atoms with Gasteiger partial charge in [0.25, 0.3) is 0 Å². The highest BCUT2D eigenvalue weighted by atomic mass is 32.2. The summed E-state index contributed by atoms with van der Waals surface area (Å²) in [6.45, 7) is 3.36. The molecular weight excluding hydrogens is 526 g/mol. The van der Waals surface area contributed by atoms with Crippen molar-refractivity contribution in [3.05, 3.63) is 131 Å². The summed E-state index contributed by atoms with van der Waals surface area (Å²) in [5, 5.41) is 13.5. The molecule has 1 amide bonds. The van der Waals surface area contributed by atoms with E-state index in [0.29, 0.717) is 18.2 Å². The molecule has 1 N–H and O–H groups in total. The van der Waals surface area contributed by atoms with Crippen molar-refractivity contribution in [1.82, 2.24) is 25.1 Å². The third-order valence-corrected chi connectivity index (χ3v) is 8.11. The van der Waals surface area contributed by atoms with Crippen LogP contribution in [-0.4, -0.2) is 38.0 Å². The largest absolute Gasteiger partial charge is 0.355 e. The number of nitrogens with one attached hydrogen (secondary N) is 1. The molecule has 7 heteroatoms. The summed E-state index contributed by atoms with van der Waals surface area (Å²) in [6.07, 6.45) is 0.813. The van der Waals surface area contributed by atoms with Crippen LogP contribution in [0.3, 0.4) is 0 Å². The predicted octanol–water partition coefficient (Wildman–Crippen LogP) is 6.77. The Hall–Kier alpha value is -4.49. The van der Waals surface area contributed by atoms with E-state index in [2.05, 4.69) is 112 Å². The lowest BCUT2D eigenvalue weighted by atomic mass is 9.88. The number of aromatic nitrogens is 4. The number of nitrogens with zero attached hydrogens (tertiary/aromatic N) is 4. The third kappa shape index (κ3) is 6.15. The lowest BCUT2D eigenvalue weighted by Gasteiger charge is -2.18. The number of amides is 1. The zero-order valence-corrected chi connectivity index (χ0v) is 23.7. The van der Waals surface area contributed by atoms with Crippen LogP contribution in [-0.2, 0) is 11.3 Å². The number of thioether (sulfide) groups is 1. The second-order valence-corrected chi connectivity index (χ2v) is 11.1. The molecule has 0 atom stereocenters. The molecule has 0 bridgehead atoms. The maximum Gasteiger partial charge on any atom is 0.230 e. The highest BCUT2D eigenvalue weighted by Crippen LogP contribution is 2.29. The fourth-order valence-electron chi connectivity index (χ4n) is 5.34. The van der Waals surface area contributed by atoms with E-state index >= 15 is 0 Å². The molecule has 0 aliphatic carbocycles. The lowest BCUT2D eigenvalue weighted by molar-refractivity contribution is -0.118. The molecule has 0 unspecified atom stereocenters. The van der Waals surface area contributed by atoms with Crippen LogP contribution in [0.5, 0.6) is 0 Å².